The maximum Gasteiger partial charge on any atom is 0.325 e. The number of urea groups is 1. The maximum absolute atomic E-state index is 11.9. The van der Waals surface area contributed by atoms with E-state index in [1.807, 2.05) is 0 Å². The highest BCUT2D eigenvalue weighted by atomic mass is 16.5. The fourth-order valence-corrected chi connectivity index (χ4v) is 1.94. The summed E-state index contributed by atoms with van der Waals surface area (Å²) in [5.74, 6) is -0.286. The van der Waals surface area contributed by atoms with Crippen LogP contribution in [0.25, 0.3) is 0 Å². The van der Waals surface area contributed by atoms with Crippen molar-refractivity contribution in [3.05, 3.63) is 0 Å². The number of aliphatic hydroxyl groups is 1. The molecule has 0 radical (unpaired) electrons. The Hall–Kier alpha value is -1.14. The third-order valence-corrected chi connectivity index (χ3v) is 2.71. The van der Waals surface area contributed by atoms with Gasteiger partial charge in [-0.3, -0.25) is 9.69 Å². The van der Waals surface area contributed by atoms with Gasteiger partial charge in [0, 0.05) is 13.0 Å². The molecule has 2 N–H and O–H groups in total. The van der Waals surface area contributed by atoms with E-state index < -0.39 is 17.7 Å². The van der Waals surface area contributed by atoms with Crippen molar-refractivity contribution in [1.29, 1.82) is 0 Å². The van der Waals surface area contributed by atoms with Crippen LogP contribution in [0.2, 0.25) is 0 Å². The number of nitrogens with zero attached hydrogens (tertiary/aromatic N) is 1. The van der Waals surface area contributed by atoms with Gasteiger partial charge in [-0.1, -0.05) is 0 Å². The summed E-state index contributed by atoms with van der Waals surface area (Å²) in [6, 6.07) is -0.439. The average molecular weight is 214 g/mol. The first-order valence-electron chi connectivity index (χ1n) is 4.95. The summed E-state index contributed by atoms with van der Waals surface area (Å²) < 4.78 is 5.13. The molecule has 2 rings (SSSR count). The van der Waals surface area contributed by atoms with Crippen LogP contribution in [0.1, 0.15) is 13.3 Å². The number of rotatable bonds is 2. The predicted molar refractivity (Wildman–Crippen MR) is 50.1 cm³/mol. The summed E-state index contributed by atoms with van der Waals surface area (Å²) in [7, 11) is 0. The van der Waals surface area contributed by atoms with E-state index in [9.17, 15) is 14.7 Å². The lowest BCUT2D eigenvalue weighted by Crippen LogP contribution is -2.47. The quantitative estimate of drug-likeness (QED) is 0.582. The van der Waals surface area contributed by atoms with Crippen molar-refractivity contribution < 1.29 is 19.4 Å². The van der Waals surface area contributed by atoms with Crippen LogP contribution in [0.3, 0.4) is 0 Å². The van der Waals surface area contributed by atoms with E-state index in [1.54, 1.807) is 0 Å². The predicted octanol–water partition coefficient (Wildman–Crippen LogP) is -0.922. The van der Waals surface area contributed by atoms with Crippen LogP contribution < -0.4 is 5.32 Å². The highest BCUT2D eigenvalue weighted by molar-refractivity contribution is 6.07. The molecule has 0 aliphatic carbocycles. The average Bonchev–Trinajstić information content (AvgIpc) is 2.69. The zero-order valence-corrected chi connectivity index (χ0v) is 8.52. The molecule has 0 aromatic rings. The van der Waals surface area contributed by atoms with E-state index in [-0.39, 0.29) is 19.1 Å². The molecular weight excluding hydrogens is 200 g/mol. The third-order valence-electron chi connectivity index (χ3n) is 2.71. The van der Waals surface area contributed by atoms with Crippen LogP contribution >= 0.6 is 0 Å². The van der Waals surface area contributed by atoms with E-state index >= 15 is 0 Å². The second-order valence-corrected chi connectivity index (χ2v) is 4.08. The number of carbonyl (C=O) groups is 2. The van der Waals surface area contributed by atoms with Gasteiger partial charge in [0.1, 0.15) is 5.54 Å². The van der Waals surface area contributed by atoms with Gasteiger partial charge in [-0.25, -0.2) is 4.79 Å². The second-order valence-electron chi connectivity index (χ2n) is 4.08. The van der Waals surface area contributed by atoms with Gasteiger partial charge in [0.15, 0.2) is 0 Å². The van der Waals surface area contributed by atoms with Gasteiger partial charge >= 0.3 is 6.03 Å². The fraction of sp³-hybridized carbons (Fsp3) is 0.778. The molecule has 15 heavy (non-hydrogen) atoms. The van der Waals surface area contributed by atoms with Crippen LogP contribution in [0, 0.1) is 0 Å². The largest absolute Gasteiger partial charge is 0.392 e. The van der Waals surface area contributed by atoms with Crippen molar-refractivity contribution in [3.63, 3.8) is 0 Å². The molecule has 2 aliphatic heterocycles. The van der Waals surface area contributed by atoms with Gasteiger partial charge in [0.2, 0.25) is 0 Å². The Morgan fingerprint density at radius 1 is 1.67 bits per heavy atom. The minimum Gasteiger partial charge on any atom is -0.392 e. The fourth-order valence-electron chi connectivity index (χ4n) is 1.94. The highest BCUT2D eigenvalue weighted by Crippen LogP contribution is 2.26. The van der Waals surface area contributed by atoms with Crippen LogP contribution in [-0.4, -0.2) is 53.3 Å². The Bertz CT molecular complexity index is 296. The highest BCUT2D eigenvalue weighted by Gasteiger charge is 2.53. The zero-order chi connectivity index (χ0) is 11.1. The van der Waals surface area contributed by atoms with E-state index in [4.69, 9.17) is 4.74 Å². The molecule has 2 saturated heterocycles. The molecule has 3 amide bonds. The molecule has 2 atom stereocenters. The molecule has 2 fully saturated rings. The minimum absolute atomic E-state index is 0.0341. The number of ether oxygens (including phenoxy) is 1. The summed E-state index contributed by atoms with van der Waals surface area (Å²) in [4.78, 5) is 24.5. The van der Waals surface area contributed by atoms with E-state index in [1.165, 1.54) is 6.92 Å². The third kappa shape index (κ3) is 1.59. The SMILES string of the molecule is CC(O)CN1C(=O)NC2(CCOC2)C1=O. The molecule has 0 bridgehead atoms. The molecule has 0 saturated carbocycles. The molecule has 2 aliphatic rings. The molecule has 6 nitrogen and oxygen atoms in total. The number of hydrogen-bond acceptors (Lipinski definition) is 4. The Morgan fingerprint density at radius 3 is 2.93 bits per heavy atom. The molecule has 2 heterocycles. The first-order valence-corrected chi connectivity index (χ1v) is 4.95. The number of amides is 3. The summed E-state index contributed by atoms with van der Waals surface area (Å²) in [6.45, 7) is 2.28. The molecule has 0 aromatic carbocycles. The van der Waals surface area contributed by atoms with Gasteiger partial charge < -0.3 is 15.2 Å². The topological polar surface area (TPSA) is 78.9 Å². The van der Waals surface area contributed by atoms with Gasteiger partial charge in [-0.05, 0) is 6.92 Å². The zero-order valence-electron chi connectivity index (χ0n) is 8.52. The molecule has 1 spiro atoms. The minimum atomic E-state index is -0.869. The number of aliphatic hydroxyl groups excluding tert-OH is 1. The lowest BCUT2D eigenvalue weighted by atomic mass is 9.99. The Morgan fingerprint density at radius 2 is 2.40 bits per heavy atom. The van der Waals surface area contributed by atoms with Crippen LogP contribution in [0.4, 0.5) is 4.79 Å². The van der Waals surface area contributed by atoms with Crippen LogP contribution in [-0.2, 0) is 9.53 Å². The van der Waals surface area contributed by atoms with Gasteiger partial charge in [0.25, 0.3) is 5.91 Å². The summed E-state index contributed by atoms with van der Waals surface area (Å²) in [6.07, 6.45) is -0.203. The summed E-state index contributed by atoms with van der Waals surface area (Å²) in [5, 5.41) is 11.8. The first kappa shape index (κ1) is 10.4. The lowest BCUT2D eigenvalue weighted by molar-refractivity contribution is -0.132. The van der Waals surface area contributed by atoms with Gasteiger partial charge in [-0.15, -0.1) is 0 Å². The standard InChI is InChI=1S/C9H14N2O4/c1-6(12)4-11-7(13)9(10-8(11)14)2-3-15-5-9/h6,12H,2-5H2,1H3,(H,10,14). The van der Waals surface area contributed by atoms with Crippen molar-refractivity contribution in [1.82, 2.24) is 10.2 Å². The Balaban J connectivity index is 2.15. The van der Waals surface area contributed by atoms with Crippen molar-refractivity contribution in [3.8, 4) is 0 Å². The normalized spacial score (nSPS) is 32.5. The molecule has 84 valence electrons. The van der Waals surface area contributed by atoms with E-state index in [0.717, 1.165) is 4.90 Å². The maximum atomic E-state index is 11.9. The van der Waals surface area contributed by atoms with E-state index in [2.05, 4.69) is 5.32 Å². The van der Waals surface area contributed by atoms with Crippen molar-refractivity contribution in [2.75, 3.05) is 19.8 Å². The molecule has 6 heteroatoms. The van der Waals surface area contributed by atoms with Crippen molar-refractivity contribution >= 4 is 11.9 Å². The Labute approximate surface area is 87.2 Å². The molecule has 0 aromatic heterocycles. The molecular formula is C9H14N2O4. The van der Waals surface area contributed by atoms with E-state index in [0.29, 0.717) is 13.0 Å². The van der Waals surface area contributed by atoms with Crippen LogP contribution in [0.15, 0.2) is 0 Å². The molecule has 2 unspecified atom stereocenters. The van der Waals surface area contributed by atoms with Gasteiger partial charge in [0.05, 0.1) is 19.3 Å². The number of nitrogens with one attached hydrogen (secondary N) is 1. The number of hydrogen-bond donors (Lipinski definition) is 2. The number of carbonyl (C=O) groups excluding carboxylic acids is 2. The first-order chi connectivity index (χ1) is 7.05. The van der Waals surface area contributed by atoms with Gasteiger partial charge in [-0.2, -0.15) is 0 Å². The van der Waals surface area contributed by atoms with Crippen LogP contribution in [0.5, 0.6) is 0 Å². The monoisotopic (exact) mass is 214 g/mol. The number of β-amino-alcohol motifs (C(OH)–C–C–N with tert-alkyl or cyclic N) is 1. The summed E-state index contributed by atoms with van der Waals surface area (Å²) >= 11 is 0. The lowest BCUT2D eigenvalue weighted by Gasteiger charge is -2.18. The number of imide groups is 1. The van der Waals surface area contributed by atoms with Crippen molar-refractivity contribution in [2.45, 2.75) is 25.0 Å². The second kappa shape index (κ2) is 3.46. The van der Waals surface area contributed by atoms with Crippen molar-refractivity contribution in [2.24, 2.45) is 0 Å². The summed E-state index contributed by atoms with van der Waals surface area (Å²) in [5.41, 5.74) is -0.869. The smallest absolute Gasteiger partial charge is 0.325 e. The Kier molecular flexibility index (Phi) is 2.40.